The van der Waals surface area contributed by atoms with Crippen molar-refractivity contribution in [2.45, 2.75) is 18.9 Å². The molecule has 1 fully saturated rings. The third-order valence-corrected chi connectivity index (χ3v) is 2.56. The van der Waals surface area contributed by atoms with Gasteiger partial charge in [-0.05, 0) is 12.8 Å². The molecule has 0 bridgehead atoms. The van der Waals surface area contributed by atoms with Crippen molar-refractivity contribution >= 4 is 11.9 Å². The van der Waals surface area contributed by atoms with Crippen LogP contribution >= 0.6 is 0 Å². The second-order valence-electron chi connectivity index (χ2n) is 3.66. The van der Waals surface area contributed by atoms with Gasteiger partial charge in [0.1, 0.15) is 0 Å². The average Bonchev–Trinajstić information content (AvgIpc) is 2.26. The second-order valence-corrected chi connectivity index (χ2v) is 3.66. The Morgan fingerprint density at radius 3 is 2.47 bits per heavy atom. The molecule has 1 heterocycles. The molecule has 86 valence electrons. The molecule has 1 aliphatic rings. The maximum Gasteiger partial charge on any atom is 0.317 e. The molecule has 0 unspecified atom stereocenters. The summed E-state index contributed by atoms with van der Waals surface area (Å²) in [5.74, 6) is -0.344. The van der Waals surface area contributed by atoms with Crippen molar-refractivity contribution in [3.63, 3.8) is 0 Å². The molecule has 1 aliphatic heterocycles. The van der Waals surface area contributed by atoms with E-state index in [9.17, 15) is 9.59 Å². The second kappa shape index (κ2) is 5.55. The zero-order chi connectivity index (χ0) is 11.3. The summed E-state index contributed by atoms with van der Waals surface area (Å²) in [6.45, 7) is 1.65. The molecule has 0 aliphatic carbocycles. The highest BCUT2D eigenvalue weighted by Gasteiger charge is 2.21. The lowest BCUT2D eigenvalue weighted by molar-refractivity contribution is -0.117. The van der Waals surface area contributed by atoms with Gasteiger partial charge >= 0.3 is 6.03 Å². The highest BCUT2D eigenvalue weighted by Crippen LogP contribution is 2.09. The number of nitrogens with zero attached hydrogens (tertiary/aromatic N) is 1. The Bertz CT molecular complexity index is 236. The van der Waals surface area contributed by atoms with Gasteiger partial charge in [-0.15, -0.1) is 0 Å². The molecule has 6 heteroatoms. The van der Waals surface area contributed by atoms with E-state index < -0.39 is 0 Å². The molecule has 0 aromatic rings. The first-order chi connectivity index (χ1) is 7.13. The average molecular weight is 214 g/mol. The minimum atomic E-state index is -0.344. The summed E-state index contributed by atoms with van der Waals surface area (Å²) in [5.41, 5.74) is 5.03. The van der Waals surface area contributed by atoms with Crippen molar-refractivity contribution in [1.29, 1.82) is 0 Å². The van der Waals surface area contributed by atoms with E-state index in [0.29, 0.717) is 6.04 Å². The van der Waals surface area contributed by atoms with Crippen molar-refractivity contribution in [1.82, 2.24) is 15.5 Å². The Morgan fingerprint density at radius 2 is 2.00 bits per heavy atom. The largest absolute Gasteiger partial charge is 0.369 e. The van der Waals surface area contributed by atoms with E-state index in [1.807, 2.05) is 0 Å². The van der Waals surface area contributed by atoms with Gasteiger partial charge in [0.2, 0.25) is 5.91 Å². The van der Waals surface area contributed by atoms with Crippen LogP contribution in [0.15, 0.2) is 0 Å². The molecule has 0 aromatic heterocycles. The van der Waals surface area contributed by atoms with Crippen LogP contribution in [0.2, 0.25) is 0 Å². The van der Waals surface area contributed by atoms with Gasteiger partial charge in [-0.1, -0.05) is 0 Å². The molecule has 1 saturated heterocycles. The number of urea groups is 1. The van der Waals surface area contributed by atoms with E-state index in [0.717, 1.165) is 25.9 Å². The monoisotopic (exact) mass is 214 g/mol. The number of carbonyl (C=O) groups is 2. The summed E-state index contributed by atoms with van der Waals surface area (Å²) in [5, 5.41) is 5.66. The minimum absolute atomic E-state index is 0.0386. The Hall–Kier alpha value is -1.30. The van der Waals surface area contributed by atoms with Crippen LogP contribution in [0.1, 0.15) is 12.8 Å². The Balaban J connectivity index is 2.23. The number of likely N-dealkylation sites (tertiary alicyclic amines) is 1. The molecular formula is C9H18N4O2. The first-order valence-corrected chi connectivity index (χ1v) is 5.12. The van der Waals surface area contributed by atoms with Crippen LogP contribution in [0.3, 0.4) is 0 Å². The third kappa shape index (κ3) is 3.75. The zero-order valence-corrected chi connectivity index (χ0v) is 8.95. The Kier molecular flexibility index (Phi) is 4.36. The fourth-order valence-corrected chi connectivity index (χ4v) is 1.69. The molecule has 0 atom stereocenters. The molecule has 1 rings (SSSR count). The topological polar surface area (TPSA) is 87.5 Å². The van der Waals surface area contributed by atoms with E-state index in [2.05, 4.69) is 10.6 Å². The fraction of sp³-hybridized carbons (Fsp3) is 0.778. The van der Waals surface area contributed by atoms with Gasteiger partial charge in [-0.3, -0.25) is 4.79 Å². The fourth-order valence-electron chi connectivity index (χ4n) is 1.69. The maximum atomic E-state index is 11.3. The summed E-state index contributed by atoms with van der Waals surface area (Å²) in [6, 6.07) is 0.252. The van der Waals surface area contributed by atoms with Crippen molar-refractivity contribution in [3.05, 3.63) is 0 Å². The van der Waals surface area contributed by atoms with Crippen LogP contribution in [0, 0.1) is 0 Å². The lowest BCUT2D eigenvalue weighted by atomic mass is 10.1. The van der Waals surface area contributed by atoms with Gasteiger partial charge in [0.05, 0.1) is 6.54 Å². The molecule has 4 N–H and O–H groups in total. The van der Waals surface area contributed by atoms with E-state index in [-0.39, 0.29) is 18.5 Å². The molecule has 0 spiro atoms. The number of nitrogens with one attached hydrogen (secondary N) is 2. The van der Waals surface area contributed by atoms with E-state index in [1.54, 1.807) is 11.9 Å². The molecule has 0 aromatic carbocycles. The highest BCUT2D eigenvalue weighted by molar-refractivity contribution is 5.76. The number of rotatable bonds is 3. The smallest absolute Gasteiger partial charge is 0.317 e. The Morgan fingerprint density at radius 1 is 1.40 bits per heavy atom. The van der Waals surface area contributed by atoms with Gasteiger partial charge in [0, 0.05) is 26.2 Å². The normalized spacial score (nSPS) is 17.5. The molecule has 6 nitrogen and oxygen atoms in total. The van der Waals surface area contributed by atoms with Crippen molar-refractivity contribution in [2.24, 2.45) is 5.73 Å². The van der Waals surface area contributed by atoms with Crippen LogP contribution < -0.4 is 16.4 Å². The maximum absolute atomic E-state index is 11.3. The number of primary amides is 1. The molecule has 0 saturated carbocycles. The summed E-state index contributed by atoms with van der Waals surface area (Å²) < 4.78 is 0. The standard InChI is InChI=1S/C9H18N4O2/c1-11-9(15)13-4-2-7(3-5-13)12-6-8(10)14/h7,12H,2-6H2,1H3,(H2,10,14)(H,11,15). The van der Waals surface area contributed by atoms with Crippen LogP contribution in [0.5, 0.6) is 0 Å². The van der Waals surface area contributed by atoms with Crippen molar-refractivity contribution in [3.8, 4) is 0 Å². The molecule has 15 heavy (non-hydrogen) atoms. The van der Waals surface area contributed by atoms with E-state index >= 15 is 0 Å². The number of carbonyl (C=O) groups excluding carboxylic acids is 2. The van der Waals surface area contributed by atoms with Crippen molar-refractivity contribution in [2.75, 3.05) is 26.7 Å². The number of hydrogen-bond acceptors (Lipinski definition) is 3. The third-order valence-electron chi connectivity index (χ3n) is 2.56. The highest BCUT2D eigenvalue weighted by atomic mass is 16.2. The van der Waals surface area contributed by atoms with Crippen LogP contribution in [0.25, 0.3) is 0 Å². The van der Waals surface area contributed by atoms with Gasteiger partial charge in [-0.25, -0.2) is 4.79 Å². The van der Waals surface area contributed by atoms with Crippen LogP contribution in [0.4, 0.5) is 4.79 Å². The summed E-state index contributed by atoms with van der Waals surface area (Å²) in [4.78, 5) is 23.6. The summed E-state index contributed by atoms with van der Waals surface area (Å²) in [6.07, 6.45) is 1.72. The number of piperidine rings is 1. The van der Waals surface area contributed by atoms with Gasteiger partial charge < -0.3 is 21.3 Å². The lowest BCUT2D eigenvalue weighted by Crippen LogP contribution is -2.48. The number of hydrogen-bond donors (Lipinski definition) is 3. The lowest BCUT2D eigenvalue weighted by Gasteiger charge is -2.31. The van der Waals surface area contributed by atoms with E-state index in [1.165, 1.54) is 0 Å². The molecular weight excluding hydrogens is 196 g/mol. The van der Waals surface area contributed by atoms with Crippen molar-refractivity contribution < 1.29 is 9.59 Å². The predicted molar refractivity (Wildman–Crippen MR) is 56.2 cm³/mol. The molecule has 3 amide bonds. The predicted octanol–water partition coefficient (Wildman–Crippen LogP) is -1.13. The zero-order valence-electron chi connectivity index (χ0n) is 8.95. The van der Waals surface area contributed by atoms with Gasteiger partial charge in [-0.2, -0.15) is 0 Å². The van der Waals surface area contributed by atoms with Crippen LogP contribution in [-0.4, -0.2) is 49.6 Å². The van der Waals surface area contributed by atoms with Gasteiger partial charge in [0.15, 0.2) is 0 Å². The summed E-state index contributed by atoms with van der Waals surface area (Å²) in [7, 11) is 1.62. The first-order valence-electron chi connectivity index (χ1n) is 5.12. The first kappa shape index (κ1) is 11.8. The quantitative estimate of drug-likeness (QED) is 0.555. The van der Waals surface area contributed by atoms with Gasteiger partial charge in [0.25, 0.3) is 0 Å². The summed E-state index contributed by atoms with van der Waals surface area (Å²) >= 11 is 0. The van der Waals surface area contributed by atoms with Crippen LogP contribution in [-0.2, 0) is 4.79 Å². The number of nitrogens with two attached hydrogens (primary N) is 1. The number of amides is 3. The minimum Gasteiger partial charge on any atom is -0.369 e. The van der Waals surface area contributed by atoms with E-state index in [4.69, 9.17) is 5.73 Å². The SMILES string of the molecule is CNC(=O)N1CCC(NCC(N)=O)CC1. The Labute approximate surface area is 89.2 Å². The molecule has 0 radical (unpaired) electrons.